The molecule has 1 heterocycles. The fraction of sp³-hybridized carbons (Fsp3) is 0.600. The SMILES string of the molecule is COc1cc(N(CCCl)CC(F)(F)F)nc(C)n1. The van der Waals surface area contributed by atoms with Crippen molar-refractivity contribution < 1.29 is 17.9 Å². The van der Waals surface area contributed by atoms with Crippen molar-refractivity contribution in [2.24, 2.45) is 0 Å². The van der Waals surface area contributed by atoms with Crippen LogP contribution in [0.25, 0.3) is 0 Å². The van der Waals surface area contributed by atoms with Gasteiger partial charge in [0.1, 0.15) is 18.2 Å². The number of hydrogen-bond donors (Lipinski definition) is 0. The maximum absolute atomic E-state index is 12.4. The van der Waals surface area contributed by atoms with Crippen LogP contribution in [0.3, 0.4) is 0 Å². The van der Waals surface area contributed by atoms with Crippen LogP contribution in [0.2, 0.25) is 0 Å². The highest BCUT2D eigenvalue weighted by molar-refractivity contribution is 6.18. The van der Waals surface area contributed by atoms with E-state index in [1.54, 1.807) is 6.92 Å². The maximum atomic E-state index is 12.4. The van der Waals surface area contributed by atoms with E-state index < -0.39 is 12.7 Å². The van der Waals surface area contributed by atoms with E-state index >= 15 is 0 Å². The van der Waals surface area contributed by atoms with Crippen LogP contribution < -0.4 is 9.64 Å². The summed E-state index contributed by atoms with van der Waals surface area (Å²) in [4.78, 5) is 8.92. The zero-order chi connectivity index (χ0) is 13.8. The molecular weight excluding hydrogens is 271 g/mol. The summed E-state index contributed by atoms with van der Waals surface area (Å²) in [5, 5.41) is 0. The van der Waals surface area contributed by atoms with E-state index in [1.807, 2.05) is 0 Å². The second-order valence-corrected chi connectivity index (χ2v) is 3.92. The molecule has 0 spiro atoms. The molecule has 0 saturated carbocycles. The zero-order valence-corrected chi connectivity index (χ0v) is 10.7. The molecule has 0 aliphatic rings. The molecule has 0 fully saturated rings. The molecular formula is C10H13ClF3N3O. The molecule has 0 N–H and O–H groups in total. The van der Waals surface area contributed by atoms with E-state index in [9.17, 15) is 13.2 Å². The summed E-state index contributed by atoms with van der Waals surface area (Å²) in [6, 6.07) is 1.35. The minimum absolute atomic E-state index is 0.0423. The van der Waals surface area contributed by atoms with Gasteiger partial charge in [0.15, 0.2) is 0 Å². The quantitative estimate of drug-likeness (QED) is 0.778. The normalized spacial score (nSPS) is 11.4. The summed E-state index contributed by atoms with van der Waals surface area (Å²) in [5.41, 5.74) is 0. The average Bonchev–Trinajstić information content (AvgIpc) is 2.26. The number of rotatable bonds is 5. The molecule has 0 atom stereocenters. The van der Waals surface area contributed by atoms with Gasteiger partial charge in [-0.25, -0.2) is 4.98 Å². The first-order valence-corrected chi connectivity index (χ1v) is 5.66. The Kier molecular flexibility index (Phi) is 5.01. The number of hydrogen-bond acceptors (Lipinski definition) is 4. The smallest absolute Gasteiger partial charge is 0.405 e. The van der Waals surface area contributed by atoms with Crippen LogP contribution in [-0.4, -0.2) is 42.2 Å². The van der Waals surface area contributed by atoms with Crippen molar-refractivity contribution in [1.29, 1.82) is 0 Å². The number of aromatic nitrogens is 2. The topological polar surface area (TPSA) is 38.2 Å². The lowest BCUT2D eigenvalue weighted by molar-refractivity contribution is -0.119. The molecule has 0 saturated heterocycles. The van der Waals surface area contributed by atoms with E-state index in [0.717, 1.165) is 4.90 Å². The largest absolute Gasteiger partial charge is 0.481 e. The lowest BCUT2D eigenvalue weighted by Gasteiger charge is -2.24. The average molecular weight is 284 g/mol. The van der Waals surface area contributed by atoms with Crippen molar-refractivity contribution in [3.8, 4) is 5.88 Å². The number of methoxy groups -OCH3 is 1. The number of aryl methyl sites for hydroxylation is 1. The summed E-state index contributed by atoms with van der Waals surface area (Å²) >= 11 is 5.50. The van der Waals surface area contributed by atoms with Crippen molar-refractivity contribution in [1.82, 2.24) is 9.97 Å². The summed E-state index contributed by atoms with van der Waals surface area (Å²) in [6.45, 7) is 0.512. The van der Waals surface area contributed by atoms with E-state index in [-0.39, 0.29) is 24.1 Å². The molecule has 1 aromatic rings. The van der Waals surface area contributed by atoms with E-state index in [1.165, 1.54) is 13.2 Å². The molecule has 0 radical (unpaired) electrons. The minimum atomic E-state index is -4.32. The Bertz CT molecular complexity index is 400. The van der Waals surface area contributed by atoms with Gasteiger partial charge >= 0.3 is 6.18 Å². The van der Waals surface area contributed by atoms with Gasteiger partial charge in [0.2, 0.25) is 5.88 Å². The van der Waals surface area contributed by atoms with Gasteiger partial charge in [-0.3, -0.25) is 0 Å². The van der Waals surface area contributed by atoms with Crippen molar-refractivity contribution in [3.63, 3.8) is 0 Å². The molecule has 0 aromatic carbocycles. The van der Waals surface area contributed by atoms with Crippen LogP contribution in [0.4, 0.5) is 19.0 Å². The highest BCUT2D eigenvalue weighted by Gasteiger charge is 2.31. The molecule has 0 aliphatic carbocycles. The first kappa shape index (κ1) is 14.8. The number of alkyl halides is 4. The van der Waals surface area contributed by atoms with Crippen LogP contribution in [-0.2, 0) is 0 Å². The van der Waals surface area contributed by atoms with E-state index in [2.05, 4.69) is 9.97 Å². The minimum Gasteiger partial charge on any atom is -0.481 e. The van der Waals surface area contributed by atoms with Gasteiger partial charge in [-0.15, -0.1) is 11.6 Å². The molecule has 18 heavy (non-hydrogen) atoms. The van der Waals surface area contributed by atoms with Crippen LogP contribution in [0.5, 0.6) is 5.88 Å². The number of ether oxygens (including phenoxy) is 1. The van der Waals surface area contributed by atoms with Crippen molar-refractivity contribution >= 4 is 17.4 Å². The Morgan fingerprint density at radius 3 is 2.56 bits per heavy atom. The van der Waals surface area contributed by atoms with Crippen LogP contribution >= 0.6 is 11.6 Å². The number of nitrogens with zero attached hydrogens (tertiary/aromatic N) is 3. The Hall–Kier alpha value is -1.24. The standard InChI is InChI=1S/C10H13ClF3N3O/c1-7-15-8(5-9(16-7)18-2)17(4-3-11)6-10(12,13)14/h5H,3-4,6H2,1-2H3. The van der Waals surface area contributed by atoms with Crippen molar-refractivity contribution in [3.05, 3.63) is 11.9 Å². The summed E-state index contributed by atoms with van der Waals surface area (Å²) in [5.74, 6) is 0.782. The highest BCUT2D eigenvalue weighted by atomic mass is 35.5. The Labute approximate surface area is 108 Å². The summed E-state index contributed by atoms with van der Waals surface area (Å²) in [7, 11) is 1.39. The zero-order valence-electron chi connectivity index (χ0n) is 9.96. The third-order valence-corrected chi connectivity index (χ3v) is 2.23. The first-order chi connectivity index (χ1) is 8.35. The first-order valence-electron chi connectivity index (χ1n) is 5.13. The summed E-state index contributed by atoms with van der Waals surface area (Å²) < 4.78 is 42.2. The molecule has 0 aliphatic heterocycles. The van der Waals surface area contributed by atoms with Gasteiger partial charge in [-0.1, -0.05) is 0 Å². The Morgan fingerprint density at radius 1 is 1.39 bits per heavy atom. The Balaban J connectivity index is 3.01. The second-order valence-electron chi connectivity index (χ2n) is 3.54. The number of halogens is 4. The molecule has 8 heteroatoms. The van der Waals surface area contributed by atoms with Gasteiger partial charge in [0, 0.05) is 18.5 Å². The highest BCUT2D eigenvalue weighted by Crippen LogP contribution is 2.23. The molecule has 1 aromatic heterocycles. The fourth-order valence-corrected chi connectivity index (χ4v) is 1.59. The molecule has 102 valence electrons. The van der Waals surface area contributed by atoms with Gasteiger partial charge < -0.3 is 9.64 Å². The van der Waals surface area contributed by atoms with E-state index in [4.69, 9.17) is 16.3 Å². The third-order valence-electron chi connectivity index (χ3n) is 2.06. The monoisotopic (exact) mass is 283 g/mol. The molecule has 0 unspecified atom stereocenters. The lowest BCUT2D eigenvalue weighted by Crippen LogP contribution is -2.36. The van der Waals surface area contributed by atoms with Gasteiger partial charge in [-0.2, -0.15) is 18.2 Å². The predicted molar refractivity (Wildman–Crippen MR) is 62.3 cm³/mol. The second kappa shape index (κ2) is 6.08. The van der Waals surface area contributed by atoms with Crippen molar-refractivity contribution in [2.75, 3.05) is 31.0 Å². The van der Waals surface area contributed by atoms with Gasteiger partial charge in [0.25, 0.3) is 0 Å². The maximum Gasteiger partial charge on any atom is 0.405 e. The van der Waals surface area contributed by atoms with E-state index in [0.29, 0.717) is 5.82 Å². The fourth-order valence-electron chi connectivity index (χ4n) is 1.38. The molecule has 0 bridgehead atoms. The lowest BCUT2D eigenvalue weighted by atomic mass is 10.4. The summed E-state index contributed by atoms with van der Waals surface area (Å²) in [6.07, 6.45) is -4.32. The molecule has 1 rings (SSSR count). The van der Waals surface area contributed by atoms with Crippen molar-refractivity contribution in [2.45, 2.75) is 13.1 Å². The van der Waals surface area contributed by atoms with Crippen LogP contribution in [0.15, 0.2) is 6.07 Å². The Morgan fingerprint density at radius 2 is 2.06 bits per heavy atom. The number of anilines is 1. The van der Waals surface area contributed by atoms with Crippen LogP contribution in [0, 0.1) is 6.92 Å². The predicted octanol–water partition coefficient (Wildman–Crippen LogP) is 2.40. The van der Waals surface area contributed by atoms with Gasteiger partial charge in [-0.05, 0) is 6.92 Å². The van der Waals surface area contributed by atoms with Gasteiger partial charge in [0.05, 0.1) is 7.11 Å². The molecule has 4 nitrogen and oxygen atoms in total. The third kappa shape index (κ3) is 4.56. The van der Waals surface area contributed by atoms with Crippen LogP contribution in [0.1, 0.15) is 5.82 Å². The molecule has 0 amide bonds.